The number of nitrogens with one attached hydrogen (secondary N) is 1. The van der Waals surface area contributed by atoms with E-state index in [1.165, 1.54) is 0 Å². The van der Waals surface area contributed by atoms with Crippen molar-refractivity contribution >= 4 is 5.91 Å². The van der Waals surface area contributed by atoms with Crippen molar-refractivity contribution in [3.63, 3.8) is 0 Å². The van der Waals surface area contributed by atoms with Crippen molar-refractivity contribution in [1.82, 2.24) is 10.2 Å². The summed E-state index contributed by atoms with van der Waals surface area (Å²) in [5.41, 5.74) is 0. The number of hydrogen-bond acceptors (Lipinski definition) is 2. The minimum absolute atomic E-state index is 0.374. The molecule has 18 heavy (non-hydrogen) atoms. The van der Waals surface area contributed by atoms with Gasteiger partial charge < -0.3 is 10.2 Å². The normalized spacial score (nSPS) is 19.3. The van der Waals surface area contributed by atoms with E-state index in [2.05, 4.69) is 31.0 Å². The first-order valence-corrected chi connectivity index (χ1v) is 7.50. The molecular formula is C15H30N2O. The van der Waals surface area contributed by atoms with Gasteiger partial charge in [-0.1, -0.05) is 27.2 Å². The van der Waals surface area contributed by atoms with Crippen molar-refractivity contribution < 1.29 is 4.79 Å². The van der Waals surface area contributed by atoms with E-state index in [0.717, 1.165) is 51.2 Å². The Morgan fingerprint density at radius 2 is 1.94 bits per heavy atom. The molecule has 0 aromatic rings. The van der Waals surface area contributed by atoms with Crippen LogP contribution in [0.3, 0.4) is 0 Å². The van der Waals surface area contributed by atoms with Crippen molar-refractivity contribution in [2.75, 3.05) is 26.7 Å². The number of likely N-dealkylation sites (tertiary alicyclic amines) is 1. The minimum Gasteiger partial charge on any atom is -0.343 e. The highest BCUT2D eigenvalue weighted by atomic mass is 16.2. The molecule has 1 fully saturated rings. The summed E-state index contributed by atoms with van der Waals surface area (Å²) in [7, 11) is 2.01. The summed E-state index contributed by atoms with van der Waals surface area (Å²) < 4.78 is 0. The fourth-order valence-corrected chi connectivity index (χ4v) is 2.88. The Bertz CT molecular complexity index is 245. The van der Waals surface area contributed by atoms with Gasteiger partial charge in [0.2, 0.25) is 5.91 Å². The van der Waals surface area contributed by atoms with E-state index in [0.29, 0.717) is 17.7 Å². The van der Waals surface area contributed by atoms with Gasteiger partial charge in [0.15, 0.2) is 0 Å². The second-order valence-corrected chi connectivity index (χ2v) is 6.00. The van der Waals surface area contributed by atoms with Crippen molar-refractivity contribution in [2.45, 2.75) is 46.5 Å². The number of carbonyl (C=O) groups is 1. The fraction of sp³-hybridized carbons (Fsp3) is 0.933. The number of piperidine rings is 1. The fourth-order valence-electron chi connectivity index (χ4n) is 2.88. The maximum atomic E-state index is 12.2. The van der Waals surface area contributed by atoms with E-state index in [9.17, 15) is 4.79 Å². The second kappa shape index (κ2) is 7.78. The molecule has 3 nitrogen and oxygen atoms in total. The van der Waals surface area contributed by atoms with Crippen LogP contribution in [0.2, 0.25) is 0 Å². The topological polar surface area (TPSA) is 32.3 Å². The van der Waals surface area contributed by atoms with Crippen molar-refractivity contribution in [3.8, 4) is 0 Å². The molecule has 1 aliphatic rings. The lowest BCUT2D eigenvalue weighted by atomic mass is 9.89. The van der Waals surface area contributed by atoms with Gasteiger partial charge in [-0.15, -0.1) is 0 Å². The van der Waals surface area contributed by atoms with Crippen molar-refractivity contribution in [1.29, 1.82) is 0 Å². The zero-order chi connectivity index (χ0) is 13.5. The first kappa shape index (κ1) is 15.5. The monoisotopic (exact) mass is 254 g/mol. The molecule has 0 radical (unpaired) electrons. The summed E-state index contributed by atoms with van der Waals surface area (Å²) in [6.07, 6.45) is 4.17. The number of carbonyl (C=O) groups excluding carboxylic acids is 1. The Labute approximate surface area is 112 Å². The van der Waals surface area contributed by atoms with Gasteiger partial charge in [-0.2, -0.15) is 0 Å². The summed E-state index contributed by atoms with van der Waals surface area (Å²) in [5, 5.41) is 3.23. The third-order valence-corrected chi connectivity index (χ3v) is 4.36. The lowest BCUT2D eigenvalue weighted by molar-refractivity contribution is -0.134. The highest BCUT2D eigenvalue weighted by Crippen LogP contribution is 2.22. The molecule has 0 saturated carbocycles. The molecule has 0 bridgehead atoms. The molecule has 0 spiro atoms. The van der Waals surface area contributed by atoms with Crippen LogP contribution in [0.25, 0.3) is 0 Å². The minimum atomic E-state index is 0.374. The molecule has 1 aliphatic heterocycles. The van der Waals surface area contributed by atoms with Gasteiger partial charge in [-0.25, -0.2) is 0 Å². The smallest absolute Gasteiger partial charge is 0.222 e. The lowest BCUT2D eigenvalue weighted by Crippen LogP contribution is -2.41. The Hall–Kier alpha value is -0.570. The molecule has 1 N–H and O–H groups in total. The Morgan fingerprint density at radius 3 is 2.39 bits per heavy atom. The SMILES string of the molecule is CCC(CC(=O)N1CCC(CNC)CC1)C(C)C. The molecule has 106 valence electrons. The summed E-state index contributed by atoms with van der Waals surface area (Å²) in [6.45, 7) is 9.64. The zero-order valence-corrected chi connectivity index (χ0v) is 12.5. The average Bonchev–Trinajstić information content (AvgIpc) is 2.36. The number of amides is 1. The summed E-state index contributed by atoms with van der Waals surface area (Å²) in [6, 6.07) is 0. The van der Waals surface area contributed by atoms with Gasteiger partial charge in [0.25, 0.3) is 0 Å². The molecule has 0 aromatic heterocycles. The third kappa shape index (κ3) is 4.60. The van der Waals surface area contributed by atoms with Gasteiger partial charge in [-0.3, -0.25) is 4.79 Å². The van der Waals surface area contributed by atoms with E-state index in [1.54, 1.807) is 0 Å². The molecule has 0 aliphatic carbocycles. The molecule has 1 heterocycles. The van der Waals surface area contributed by atoms with Gasteiger partial charge in [-0.05, 0) is 44.2 Å². The molecule has 1 atom stereocenters. The summed E-state index contributed by atoms with van der Waals surface area (Å²) in [4.78, 5) is 14.3. The number of rotatable bonds is 6. The first-order valence-electron chi connectivity index (χ1n) is 7.50. The molecule has 3 heteroatoms. The predicted octanol–water partition coefficient (Wildman–Crippen LogP) is 2.52. The van der Waals surface area contributed by atoms with E-state index in [-0.39, 0.29) is 0 Å². The second-order valence-electron chi connectivity index (χ2n) is 6.00. The molecular weight excluding hydrogens is 224 g/mol. The predicted molar refractivity (Wildman–Crippen MR) is 76.5 cm³/mol. The lowest BCUT2D eigenvalue weighted by Gasteiger charge is -2.33. The first-order chi connectivity index (χ1) is 8.58. The van der Waals surface area contributed by atoms with Crippen LogP contribution in [0.5, 0.6) is 0 Å². The van der Waals surface area contributed by atoms with Crippen molar-refractivity contribution in [2.24, 2.45) is 17.8 Å². The number of nitrogens with zero attached hydrogens (tertiary/aromatic N) is 1. The van der Waals surface area contributed by atoms with E-state index < -0.39 is 0 Å². The summed E-state index contributed by atoms with van der Waals surface area (Å²) in [5.74, 6) is 2.29. The molecule has 1 unspecified atom stereocenters. The Balaban J connectivity index is 2.35. The van der Waals surface area contributed by atoms with Crippen LogP contribution >= 0.6 is 0 Å². The molecule has 1 saturated heterocycles. The Morgan fingerprint density at radius 1 is 1.33 bits per heavy atom. The number of hydrogen-bond donors (Lipinski definition) is 1. The van der Waals surface area contributed by atoms with Crippen molar-refractivity contribution in [3.05, 3.63) is 0 Å². The maximum absolute atomic E-state index is 12.2. The molecule has 0 aromatic carbocycles. The maximum Gasteiger partial charge on any atom is 0.222 e. The van der Waals surface area contributed by atoms with E-state index in [4.69, 9.17) is 0 Å². The van der Waals surface area contributed by atoms with Crippen LogP contribution in [-0.4, -0.2) is 37.5 Å². The van der Waals surface area contributed by atoms with Crippen LogP contribution in [0, 0.1) is 17.8 Å². The van der Waals surface area contributed by atoms with Gasteiger partial charge in [0.05, 0.1) is 0 Å². The van der Waals surface area contributed by atoms with Gasteiger partial charge >= 0.3 is 0 Å². The zero-order valence-electron chi connectivity index (χ0n) is 12.5. The molecule has 1 rings (SSSR count). The highest BCUT2D eigenvalue weighted by Gasteiger charge is 2.24. The highest BCUT2D eigenvalue weighted by molar-refractivity contribution is 5.76. The van der Waals surface area contributed by atoms with Crippen LogP contribution in [-0.2, 0) is 4.79 Å². The average molecular weight is 254 g/mol. The summed E-state index contributed by atoms with van der Waals surface area (Å²) >= 11 is 0. The van der Waals surface area contributed by atoms with Crippen LogP contribution in [0.4, 0.5) is 0 Å². The largest absolute Gasteiger partial charge is 0.343 e. The van der Waals surface area contributed by atoms with Crippen LogP contribution in [0.1, 0.15) is 46.5 Å². The van der Waals surface area contributed by atoms with Crippen LogP contribution in [0.15, 0.2) is 0 Å². The van der Waals surface area contributed by atoms with E-state index >= 15 is 0 Å². The third-order valence-electron chi connectivity index (χ3n) is 4.36. The molecule has 1 amide bonds. The quantitative estimate of drug-likeness (QED) is 0.790. The Kier molecular flexibility index (Phi) is 6.69. The standard InChI is InChI=1S/C15H30N2O/c1-5-14(12(2)3)10-15(18)17-8-6-13(7-9-17)11-16-4/h12-14,16H,5-11H2,1-4H3. The van der Waals surface area contributed by atoms with Gasteiger partial charge in [0.1, 0.15) is 0 Å². The van der Waals surface area contributed by atoms with Gasteiger partial charge in [0, 0.05) is 19.5 Å². The van der Waals surface area contributed by atoms with E-state index in [1.807, 2.05) is 7.05 Å². The van der Waals surface area contributed by atoms with Crippen LogP contribution < -0.4 is 5.32 Å².